The molecule has 0 amide bonds. The first-order valence-corrected chi connectivity index (χ1v) is 3.28. The molecule has 5 heteroatoms. The molecular formula is C8H5F3O2. The highest BCUT2D eigenvalue weighted by atomic mass is 19.2. The van der Waals surface area contributed by atoms with Gasteiger partial charge in [-0.2, -0.15) is 0 Å². The molecule has 0 aromatic heterocycles. The summed E-state index contributed by atoms with van der Waals surface area (Å²) in [6, 6.07) is 0.539. The maximum Gasteiger partial charge on any atom is 0.178 e. The number of carbonyl (C=O) groups excluding carboxylic acids is 1. The molecule has 70 valence electrons. The molecule has 1 rings (SSSR count). The fraction of sp³-hybridized carbons (Fsp3) is 0.125. The predicted molar refractivity (Wildman–Crippen MR) is 38.3 cm³/mol. The van der Waals surface area contributed by atoms with Crippen molar-refractivity contribution in [2.24, 2.45) is 0 Å². The van der Waals surface area contributed by atoms with Gasteiger partial charge in [0.2, 0.25) is 0 Å². The van der Waals surface area contributed by atoms with Crippen LogP contribution in [0.2, 0.25) is 0 Å². The SMILES string of the molecule is COc1cc(F)c(F)c(C=O)c1F. The molecule has 0 radical (unpaired) electrons. The van der Waals surface area contributed by atoms with E-state index < -0.39 is 28.8 Å². The quantitative estimate of drug-likeness (QED) is 0.526. The van der Waals surface area contributed by atoms with Gasteiger partial charge in [0.25, 0.3) is 0 Å². The highest BCUT2D eigenvalue weighted by Crippen LogP contribution is 2.24. The highest BCUT2D eigenvalue weighted by molar-refractivity contribution is 5.76. The van der Waals surface area contributed by atoms with Gasteiger partial charge in [0, 0.05) is 6.07 Å². The lowest BCUT2D eigenvalue weighted by atomic mass is 10.2. The third-order valence-electron chi connectivity index (χ3n) is 1.49. The van der Waals surface area contributed by atoms with E-state index in [0.29, 0.717) is 6.07 Å². The minimum Gasteiger partial charge on any atom is -0.494 e. The molecular weight excluding hydrogens is 185 g/mol. The molecule has 0 spiro atoms. The average molecular weight is 190 g/mol. The summed E-state index contributed by atoms with van der Waals surface area (Å²) in [6.45, 7) is 0. The zero-order chi connectivity index (χ0) is 10.0. The molecule has 0 unspecified atom stereocenters. The standard InChI is InChI=1S/C8H5F3O2/c1-13-6-2-5(9)7(10)4(3-12)8(6)11/h2-3H,1H3. The Balaban J connectivity index is 3.47. The number of benzene rings is 1. The largest absolute Gasteiger partial charge is 0.494 e. The molecule has 0 saturated carbocycles. The Kier molecular flexibility index (Phi) is 2.55. The number of halogens is 3. The summed E-state index contributed by atoms with van der Waals surface area (Å²) < 4.78 is 42.6. The van der Waals surface area contributed by atoms with Gasteiger partial charge in [0.1, 0.15) is 0 Å². The first-order valence-electron chi connectivity index (χ1n) is 3.28. The third-order valence-corrected chi connectivity index (χ3v) is 1.49. The van der Waals surface area contributed by atoms with E-state index in [1.165, 1.54) is 0 Å². The van der Waals surface area contributed by atoms with Crippen molar-refractivity contribution in [2.75, 3.05) is 7.11 Å². The highest BCUT2D eigenvalue weighted by Gasteiger charge is 2.18. The van der Waals surface area contributed by atoms with Crippen molar-refractivity contribution >= 4 is 6.29 Å². The number of rotatable bonds is 2. The van der Waals surface area contributed by atoms with E-state index in [4.69, 9.17) is 0 Å². The van der Waals surface area contributed by atoms with Crippen molar-refractivity contribution in [3.63, 3.8) is 0 Å². The molecule has 0 saturated heterocycles. The maximum atomic E-state index is 13.0. The Bertz CT molecular complexity index is 350. The summed E-state index contributed by atoms with van der Waals surface area (Å²) in [6.07, 6.45) is -0.101. The van der Waals surface area contributed by atoms with Gasteiger partial charge >= 0.3 is 0 Å². The van der Waals surface area contributed by atoms with Gasteiger partial charge in [-0.25, -0.2) is 13.2 Å². The summed E-state index contributed by atoms with van der Waals surface area (Å²) in [5.74, 6) is -4.52. The van der Waals surface area contributed by atoms with Crippen LogP contribution in [-0.2, 0) is 0 Å². The Morgan fingerprint density at radius 1 is 1.31 bits per heavy atom. The van der Waals surface area contributed by atoms with Gasteiger partial charge in [0.05, 0.1) is 12.7 Å². The number of hydrogen-bond acceptors (Lipinski definition) is 2. The van der Waals surface area contributed by atoms with Crippen LogP contribution in [0.15, 0.2) is 6.07 Å². The van der Waals surface area contributed by atoms with Crippen molar-refractivity contribution in [1.82, 2.24) is 0 Å². The molecule has 0 atom stereocenters. The van der Waals surface area contributed by atoms with Crippen molar-refractivity contribution in [3.05, 3.63) is 29.1 Å². The fourth-order valence-corrected chi connectivity index (χ4v) is 0.852. The number of aldehydes is 1. The zero-order valence-electron chi connectivity index (χ0n) is 6.61. The lowest BCUT2D eigenvalue weighted by Crippen LogP contribution is -2.00. The van der Waals surface area contributed by atoms with Gasteiger partial charge in [-0.3, -0.25) is 4.79 Å². The molecule has 0 aliphatic heterocycles. The van der Waals surface area contributed by atoms with Gasteiger partial charge < -0.3 is 4.74 Å². The van der Waals surface area contributed by atoms with Crippen molar-refractivity contribution < 1.29 is 22.7 Å². The number of methoxy groups -OCH3 is 1. The molecule has 1 aromatic carbocycles. The van der Waals surface area contributed by atoms with E-state index in [0.717, 1.165) is 7.11 Å². The van der Waals surface area contributed by atoms with Crippen LogP contribution in [-0.4, -0.2) is 13.4 Å². The summed E-state index contributed by atoms with van der Waals surface area (Å²) in [7, 11) is 1.09. The minimum absolute atomic E-state index is 0.101. The molecule has 0 fully saturated rings. The first-order chi connectivity index (χ1) is 6.11. The molecule has 0 aliphatic rings. The number of hydrogen-bond donors (Lipinski definition) is 0. The van der Waals surface area contributed by atoms with Crippen LogP contribution in [0.25, 0.3) is 0 Å². The van der Waals surface area contributed by atoms with Gasteiger partial charge in [-0.1, -0.05) is 0 Å². The second-order valence-corrected chi connectivity index (χ2v) is 2.22. The summed E-state index contributed by atoms with van der Waals surface area (Å²) in [5, 5.41) is 0. The Morgan fingerprint density at radius 3 is 2.38 bits per heavy atom. The first kappa shape index (κ1) is 9.57. The van der Waals surface area contributed by atoms with Crippen LogP contribution >= 0.6 is 0 Å². The topological polar surface area (TPSA) is 26.3 Å². The lowest BCUT2D eigenvalue weighted by Gasteiger charge is -2.04. The van der Waals surface area contributed by atoms with Crippen molar-refractivity contribution in [2.45, 2.75) is 0 Å². The second kappa shape index (κ2) is 3.47. The molecule has 13 heavy (non-hydrogen) atoms. The fourth-order valence-electron chi connectivity index (χ4n) is 0.852. The molecule has 1 aromatic rings. The van der Waals surface area contributed by atoms with Crippen molar-refractivity contribution in [1.29, 1.82) is 0 Å². The van der Waals surface area contributed by atoms with E-state index in [-0.39, 0.29) is 6.29 Å². The molecule has 2 nitrogen and oxygen atoms in total. The van der Waals surface area contributed by atoms with E-state index in [9.17, 15) is 18.0 Å². The van der Waals surface area contributed by atoms with Crippen LogP contribution in [0, 0.1) is 17.5 Å². The smallest absolute Gasteiger partial charge is 0.178 e. The lowest BCUT2D eigenvalue weighted by molar-refractivity contribution is 0.111. The van der Waals surface area contributed by atoms with Crippen LogP contribution in [0.5, 0.6) is 5.75 Å². The summed E-state index contributed by atoms with van der Waals surface area (Å²) in [5.41, 5.74) is -0.961. The van der Waals surface area contributed by atoms with Crippen LogP contribution < -0.4 is 4.74 Å². The Hall–Kier alpha value is -1.52. The Morgan fingerprint density at radius 2 is 1.92 bits per heavy atom. The van der Waals surface area contributed by atoms with Crippen molar-refractivity contribution in [3.8, 4) is 5.75 Å². The molecule has 0 N–H and O–H groups in total. The molecule has 0 aliphatic carbocycles. The minimum atomic E-state index is -1.51. The predicted octanol–water partition coefficient (Wildman–Crippen LogP) is 1.93. The van der Waals surface area contributed by atoms with E-state index in [1.54, 1.807) is 0 Å². The average Bonchev–Trinajstić information content (AvgIpc) is 2.12. The molecule has 0 bridgehead atoms. The van der Waals surface area contributed by atoms with E-state index in [1.807, 2.05) is 0 Å². The summed E-state index contributed by atoms with van der Waals surface area (Å²) >= 11 is 0. The number of ether oxygens (including phenoxy) is 1. The third kappa shape index (κ3) is 1.49. The maximum absolute atomic E-state index is 13.0. The molecule has 0 heterocycles. The van der Waals surface area contributed by atoms with Crippen LogP contribution in [0.4, 0.5) is 13.2 Å². The van der Waals surface area contributed by atoms with Gasteiger partial charge in [-0.05, 0) is 0 Å². The second-order valence-electron chi connectivity index (χ2n) is 2.22. The van der Waals surface area contributed by atoms with Crippen LogP contribution in [0.1, 0.15) is 10.4 Å². The van der Waals surface area contributed by atoms with Gasteiger partial charge in [-0.15, -0.1) is 0 Å². The van der Waals surface area contributed by atoms with Crippen LogP contribution in [0.3, 0.4) is 0 Å². The normalized spacial score (nSPS) is 9.85. The van der Waals surface area contributed by atoms with Gasteiger partial charge in [0.15, 0.2) is 29.5 Å². The summed E-state index contributed by atoms with van der Waals surface area (Å²) in [4.78, 5) is 10.2. The van der Waals surface area contributed by atoms with E-state index >= 15 is 0 Å². The Labute approximate surface area is 71.9 Å². The number of carbonyl (C=O) groups is 1. The van der Waals surface area contributed by atoms with E-state index in [2.05, 4.69) is 4.74 Å². The monoisotopic (exact) mass is 190 g/mol. The zero-order valence-corrected chi connectivity index (χ0v) is 6.61.